The topological polar surface area (TPSA) is 67.6 Å². The van der Waals surface area contributed by atoms with E-state index in [1.165, 1.54) is 6.42 Å². The fourth-order valence-electron chi connectivity index (χ4n) is 2.57. The first kappa shape index (κ1) is 15.8. The Balaban J connectivity index is 1.66. The Hall–Kier alpha value is -1.59. The van der Waals surface area contributed by atoms with Gasteiger partial charge in [0.2, 0.25) is 5.91 Å². The van der Waals surface area contributed by atoms with E-state index in [0.29, 0.717) is 18.0 Å². The van der Waals surface area contributed by atoms with E-state index in [0.717, 1.165) is 38.4 Å². The zero-order chi connectivity index (χ0) is 15.1. The van der Waals surface area contributed by atoms with Crippen LogP contribution in [0.1, 0.15) is 19.3 Å². The van der Waals surface area contributed by atoms with Crippen LogP contribution in [-0.2, 0) is 9.53 Å². The number of nitrogens with two attached hydrogens (primary N) is 1. The summed E-state index contributed by atoms with van der Waals surface area (Å²) in [4.78, 5) is 14.1. The van der Waals surface area contributed by atoms with E-state index >= 15 is 0 Å². The average Bonchev–Trinajstić information content (AvgIpc) is 2.49. The maximum absolute atomic E-state index is 11.9. The van der Waals surface area contributed by atoms with Crippen LogP contribution in [0.2, 0.25) is 0 Å². The van der Waals surface area contributed by atoms with E-state index in [2.05, 4.69) is 17.3 Å². The van der Waals surface area contributed by atoms with Crippen LogP contribution < -0.4 is 11.1 Å². The molecule has 5 nitrogen and oxygen atoms in total. The summed E-state index contributed by atoms with van der Waals surface area (Å²) in [6, 6.07) is 7.20. The Morgan fingerprint density at radius 3 is 2.86 bits per heavy atom. The van der Waals surface area contributed by atoms with Crippen LogP contribution >= 0.6 is 0 Å². The highest BCUT2D eigenvalue weighted by Crippen LogP contribution is 2.14. The van der Waals surface area contributed by atoms with Crippen molar-refractivity contribution >= 4 is 17.3 Å². The molecule has 1 unspecified atom stereocenters. The third-order valence-electron chi connectivity index (χ3n) is 3.74. The van der Waals surface area contributed by atoms with Crippen molar-refractivity contribution in [2.45, 2.75) is 19.3 Å². The van der Waals surface area contributed by atoms with Crippen molar-refractivity contribution in [3.05, 3.63) is 24.3 Å². The van der Waals surface area contributed by atoms with E-state index in [1.807, 2.05) is 12.1 Å². The predicted octanol–water partition coefficient (Wildman–Crippen LogP) is 1.96. The van der Waals surface area contributed by atoms with Crippen LogP contribution in [0.5, 0.6) is 0 Å². The first-order chi connectivity index (χ1) is 10.1. The van der Waals surface area contributed by atoms with E-state index in [-0.39, 0.29) is 5.91 Å². The third kappa shape index (κ3) is 5.73. The molecule has 0 saturated carbocycles. The predicted molar refractivity (Wildman–Crippen MR) is 85.1 cm³/mol. The first-order valence-electron chi connectivity index (χ1n) is 7.55. The minimum atomic E-state index is 0.0338. The lowest BCUT2D eigenvalue weighted by atomic mass is 10.0. The summed E-state index contributed by atoms with van der Waals surface area (Å²) in [6.45, 7) is 3.50. The Bertz CT molecular complexity index is 441. The molecule has 2 rings (SSSR count). The minimum absolute atomic E-state index is 0.0338. The molecule has 116 valence electrons. The highest BCUT2D eigenvalue weighted by molar-refractivity contribution is 5.90. The monoisotopic (exact) mass is 291 g/mol. The van der Waals surface area contributed by atoms with E-state index in [9.17, 15) is 4.79 Å². The van der Waals surface area contributed by atoms with Gasteiger partial charge in [0.05, 0.1) is 6.61 Å². The number of carbonyl (C=O) groups excluding carboxylic acids is 1. The molecule has 21 heavy (non-hydrogen) atoms. The van der Waals surface area contributed by atoms with Gasteiger partial charge in [-0.25, -0.2) is 0 Å². The molecule has 1 amide bonds. The summed E-state index contributed by atoms with van der Waals surface area (Å²) >= 11 is 0. The molecule has 0 spiro atoms. The van der Waals surface area contributed by atoms with Crippen molar-refractivity contribution in [3.63, 3.8) is 0 Å². The van der Waals surface area contributed by atoms with Gasteiger partial charge in [-0.1, -0.05) is 0 Å². The molecule has 1 heterocycles. The maximum Gasteiger partial charge on any atom is 0.225 e. The Labute approximate surface area is 126 Å². The van der Waals surface area contributed by atoms with Gasteiger partial charge >= 0.3 is 0 Å². The van der Waals surface area contributed by atoms with Gasteiger partial charge in [0.25, 0.3) is 0 Å². The molecular formula is C16H25N3O2. The molecule has 0 aliphatic carbocycles. The highest BCUT2D eigenvalue weighted by atomic mass is 16.5. The Morgan fingerprint density at radius 1 is 1.43 bits per heavy atom. The summed E-state index contributed by atoms with van der Waals surface area (Å²) in [5.74, 6) is 0.635. The van der Waals surface area contributed by atoms with Gasteiger partial charge in [0.15, 0.2) is 0 Å². The van der Waals surface area contributed by atoms with Crippen LogP contribution in [0, 0.1) is 5.92 Å². The van der Waals surface area contributed by atoms with Crippen LogP contribution in [0.25, 0.3) is 0 Å². The molecule has 0 radical (unpaired) electrons. The summed E-state index contributed by atoms with van der Waals surface area (Å²) < 4.78 is 5.48. The number of ether oxygens (including phenoxy) is 1. The Morgan fingerprint density at radius 2 is 2.19 bits per heavy atom. The van der Waals surface area contributed by atoms with Crippen molar-refractivity contribution in [1.82, 2.24) is 4.90 Å². The quantitative estimate of drug-likeness (QED) is 0.786. The molecule has 1 aliphatic heterocycles. The van der Waals surface area contributed by atoms with Gasteiger partial charge in [-0.05, 0) is 50.1 Å². The third-order valence-corrected chi connectivity index (χ3v) is 3.74. The van der Waals surface area contributed by atoms with Crippen molar-refractivity contribution in [1.29, 1.82) is 0 Å². The average molecular weight is 291 g/mol. The number of nitrogens with zero attached hydrogens (tertiary/aromatic N) is 1. The first-order valence-corrected chi connectivity index (χ1v) is 7.55. The Kier molecular flexibility index (Phi) is 6.02. The molecule has 1 aromatic carbocycles. The van der Waals surface area contributed by atoms with Gasteiger partial charge in [0, 0.05) is 37.5 Å². The van der Waals surface area contributed by atoms with Gasteiger partial charge < -0.3 is 20.7 Å². The smallest absolute Gasteiger partial charge is 0.225 e. The van der Waals surface area contributed by atoms with Crippen LogP contribution in [-0.4, -0.2) is 44.2 Å². The lowest BCUT2D eigenvalue weighted by molar-refractivity contribution is -0.116. The van der Waals surface area contributed by atoms with Crippen molar-refractivity contribution in [2.24, 2.45) is 5.92 Å². The van der Waals surface area contributed by atoms with Gasteiger partial charge in [-0.2, -0.15) is 0 Å². The number of hydrogen-bond donors (Lipinski definition) is 2. The van der Waals surface area contributed by atoms with Crippen molar-refractivity contribution in [2.75, 3.05) is 44.4 Å². The number of benzene rings is 1. The molecular weight excluding hydrogens is 266 g/mol. The second kappa shape index (κ2) is 8.00. The van der Waals surface area contributed by atoms with Crippen LogP contribution in [0.15, 0.2) is 24.3 Å². The summed E-state index contributed by atoms with van der Waals surface area (Å²) in [5.41, 5.74) is 7.10. The van der Waals surface area contributed by atoms with Crippen LogP contribution in [0.4, 0.5) is 11.4 Å². The molecule has 1 saturated heterocycles. The molecule has 0 bridgehead atoms. The number of nitrogens with one attached hydrogen (secondary N) is 1. The normalized spacial score (nSPS) is 18.7. The number of anilines is 2. The highest BCUT2D eigenvalue weighted by Gasteiger charge is 2.16. The molecule has 1 atom stereocenters. The second-order valence-electron chi connectivity index (χ2n) is 5.77. The number of nitrogen functional groups attached to an aromatic ring is 1. The van der Waals surface area contributed by atoms with E-state index in [1.54, 1.807) is 12.1 Å². The molecule has 1 fully saturated rings. The molecule has 5 heteroatoms. The van der Waals surface area contributed by atoms with Gasteiger partial charge in [-0.3, -0.25) is 4.79 Å². The standard InChI is InChI=1S/C16H25N3O2/c1-19(11-13-3-2-10-21-12-13)9-8-16(20)18-15-6-4-14(17)5-7-15/h4-7,13H,2-3,8-12,17H2,1H3,(H,18,20). The maximum atomic E-state index is 11.9. The van der Waals surface area contributed by atoms with Gasteiger partial charge in [-0.15, -0.1) is 0 Å². The summed E-state index contributed by atoms with van der Waals surface area (Å²) in [5, 5.41) is 2.88. The largest absolute Gasteiger partial charge is 0.399 e. The number of hydrogen-bond acceptors (Lipinski definition) is 4. The fraction of sp³-hybridized carbons (Fsp3) is 0.562. The number of rotatable bonds is 6. The minimum Gasteiger partial charge on any atom is -0.399 e. The molecule has 0 aromatic heterocycles. The van der Waals surface area contributed by atoms with Gasteiger partial charge in [0.1, 0.15) is 0 Å². The molecule has 1 aromatic rings. The van der Waals surface area contributed by atoms with Crippen molar-refractivity contribution in [3.8, 4) is 0 Å². The summed E-state index contributed by atoms with van der Waals surface area (Å²) in [6.07, 6.45) is 2.87. The van der Waals surface area contributed by atoms with Crippen molar-refractivity contribution < 1.29 is 9.53 Å². The fourth-order valence-corrected chi connectivity index (χ4v) is 2.57. The van der Waals surface area contributed by atoms with E-state index in [4.69, 9.17) is 10.5 Å². The number of amides is 1. The molecule has 1 aliphatic rings. The molecule has 3 N–H and O–H groups in total. The lowest BCUT2D eigenvalue weighted by Gasteiger charge is -2.26. The second-order valence-corrected chi connectivity index (χ2v) is 5.77. The van der Waals surface area contributed by atoms with E-state index < -0.39 is 0 Å². The zero-order valence-electron chi connectivity index (χ0n) is 12.7. The lowest BCUT2D eigenvalue weighted by Crippen LogP contribution is -2.32. The SMILES string of the molecule is CN(CCC(=O)Nc1ccc(N)cc1)CC1CCCOC1. The number of carbonyl (C=O) groups is 1. The van der Waals surface area contributed by atoms with Crippen LogP contribution in [0.3, 0.4) is 0 Å². The zero-order valence-corrected chi connectivity index (χ0v) is 12.7. The summed E-state index contributed by atoms with van der Waals surface area (Å²) in [7, 11) is 2.06.